The lowest BCUT2D eigenvalue weighted by Gasteiger charge is -2.34. The van der Waals surface area contributed by atoms with Gasteiger partial charge >= 0.3 is 12.3 Å². The van der Waals surface area contributed by atoms with Gasteiger partial charge in [-0.25, -0.2) is 4.98 Å². The van der Waals surface area contributed by atoms with Crippen molar-refractivity contribution in [2.24, 2.45) is 0 Å². The van der Waals surface area contributed by atoms with Crippen molar-refractivity contribution in [3.05, 3.63) is 124 Å². The smallest absolute Gasteiger partial charge is 0.573 e. The van der Waals surface area contributed by atoms with Crippen LogP contribution in [-0.2, 0) is 37.3 Å². The number of alkyl halides is 3. The number of carboxylic acid groups (broad SMARTS) is 1. The van der Waals surface area contributed by atoms with Crippen LogP contribution < -0.4 is 4.74 Å². The Balaban J connectivity index is 0.000000208. The monoisotopic (exact) mass is 590 g/mol. The third-order valence-corrected chi connectivity index (χ3v) is 7.09. The van der Waals surface area contributed by atoms with E-state index in [1.165, 1.54) is 18.2 Å². The van der Waals surface area contributed by atoms with E-state index in [9.17, 15) is 23.1 Å². The van der Waals surface area contributed by atoms with Crippen LogP contribution in [0.15, 0.2) is 79.0 Å². The first kappa shape index (κ1) is 31.3. The molecule has 0 unspecified atom stereocenters. The van der Waals surface area contributed by atoms with Crippen molar-refractivity contribution < 1.29 is 27.8 Å². The molecular weight excluding hydrogens is 559 g/mol. The standard InChI is InChI=1S/C18H16F3NO3.C14H15N4/c19-18(20,21)25-15-7-3-4-12(8-15)10-22-11-14-6-2-1-5-13(14)9-16(22)17(23)24;1-11-17-9-14(6-7-15)18(11)10-13-4-2-12(8-16)3-5-13/h1-8,16H,9-11H2,(H,23,24);2-5,9,15H,6-7,10H2,1H3/q;-1/t16-;/m0./s1. The Bertz CT molecular complexity index is 1580. The average molecular weight is 591 g/mol. The Labute approximate surface area is 247 Å². The van der Waals surface area contributed by atoms with E-state index >= 15 is 0 Å². The van der Waals surface area contributed by atoms with E-state index in [-0.39, 0.29) is 12.3 Å². The fourth-order valence-corrected chi connectivity index (χ4v) is 4.99. The number of aromatic nitrogens is 2. The van der Waals surface area contributed by atoms with Crippen molar-refractivity contribution in [1.82, 2.24) is 14.5 Å². The first-order valence-electron chi connectivity index (χ1n) is 13.6. The SMILES string of the molecule is Cc1ncc(CC[NH-])n1Cc1ccc(C#N)cc1.O=C(O)[C@@H]1Cc2ccccc2CN1Cc1cccc(OC(F)(F)F)c1. The molecule has 0 spiro atoms. The zero-order valence-corrected chi connectivity index (χ0v) is 23.5. The number of fused-ring (bicyclic) bond motifs is 1. The number of rotatable bonds is 8. The van der Waals surface area contributed by atoms with Gasteiger partial charge in [-0.3, -0.25) is 9.69 Å². The van der Waals surface area contributed by atoms with Gasteiger partial charge in [-0.05, 0) is 66.3 Å². The third kappa shape index (κ3) is 8.67. The van der Waals surface area contributed by atoms with Gasteiger partial charge in [0, 0.05) is 31.5 Å². The number of carbonyl (C=O) groups is 1. The van der Waals surface area contributed by atoms with Crippen molar-refractivity contribution in [3.63, 3.8) is 0 Å². The van der Waals surface area contributed by atoms with Gasteiger partial charge in [-0.15, -0.1) is 19.7 Å². The van der Waals surface area contributed by atoms with Gasteiger partial charge < -0.3 is 20.1 Å². The summed E-state index contributed by atoms with van der Waals surface area (Å²) in [6, 6.07) is 22.2. The number of hydrogen-bond donors (Lipinski definition) is 1. The molecule has 1 atom stereocenters. The zero-order chi connectivity index (χ0) is 31.0. The molecule has 1 aliphatic heterocycles. The second-order valence-corrected chi connectivity index (χ2v) is 10.1. The lowest BCUT2D eigenvalue weighted by atomic mass is 9.93. The molecule has 2 heterocycles. The lowest BCUT2D eigenvalue weighted by molar-refractivity contribution is -0.274. The van der Waals surface area contributed by atoms with Crippen LogP contribution in [0, 0.1) is 18.3 Å². The van der Waals surface area contributed by atoms with Gasteiger partial charge in [0.1, 0.15) is 17.6 Å². The van der Waals surface area contributed by atoms with Crippen LogP contribution in [-0.4, -0.2) is 44.5 Å². The maximum absolute atomic E-state index is 12.4. The number of nitriles is 1. The number of aryl methyl sites for hydroxylation is 1. The molecule has 0 amide bonds. The van der Waals surface area contributed by atoms with Gasteiger partial charge in [0.15, 0.2) is 0 Å². The molecule has 1 aliphatic rings. The highest BCUT2D eigenvalue weighted by molar-refractivity contribution is 5.74. The highest BCUT2D eigenvalue weighted by atomic mass is 19.4. The van der Waals surface area contributed by atoms with Gasteiger partial charge in [0.05, 0.1) is 11.6 Å². The number of ether oxygens (including phenoxy) is 1. The summed E-state index contributed by atoms with van der Waals surface area (Å²) in [6.07, 6.45) is -1.83. The topological polar surface area (TPSA) is 115 Å². The van der Waals surface area contributed by atoms with Crippen LogP contribution in [0.5, 0.6) is 5.75 Å². The summed E-state index contributed by atoms with van der Waals surface area (Å²) < 4.78 is 43.1. The molecule has 0 saturated heterocycles. The summed E-state index contributed by atoms with van der Waals surface area (Å²) in [6.45, 7) is 3.74. The Hall–Kier alpha value is -4.66. The molecule has 0 fully saturated rings. The number of aliphatic carboxylic acids is 1. The number of hydrogen-bond acceptors (Lipinski definition) is 5. The maximum atomic E-state index is 12.4. The van der Waals surface area contributed by atoms with Gasteiger partial charge in [0.25, 0.3) is 0 Å². The quantitative estimate of drug-likeness (QED) is 0.257. The molecule has 224 valence electrons. The molecule has 0 radical (unpaired) electrons. The maximum Gasteiger partial charge on any atom is 0.573 e. The summed E-state index contributed by atoms with van der Waals surface area (Å²) in [5.41, 5.74) is 12.8. The summed E-state index contributed by atoms with van der Waals surface area (Å²) in [4.78, 5) is 17.6. The first-order valence-corrected chi connectivity index (χ1v) is 13.6. The normalized spacial score (nSPS) is 14.7. The number of carboxylic acids is 1. The van der Waals surface area contributed by atoms with Crippen LogP contribution in [0.25, 0.3) is 5.73 Å². The van der Waals surface area contributed by atoms with Gasteiger partial charge in [-0.1, -0.05) is 48.5 Å². The summed E-state index contributed by atoms with van der Waals surface area (Å²) in [5, 5.41) is 18.3. The van der Waals surface area contributed by atoms with Crippen LogP contribution in [0.1, 0.15) is 39.3 Å². The number of benzene rings is 3. The molecule has 43 heavy (non-hydrogen) atoms. The average Bonchev–Trinajstić information content (AvgIpc) is 3.31. The molecule has 11 heteroatoms. The van der Waals surface area contributed by atoms with Gasteiger partial charge in [-0.2, -0.15) is 5.26 Å². The van der Waals surface area contributed by atoms with Crippen LogP contribution in [0.2, 0.25) is 0 Å². The Morgan fingerprint density at radius 3 is 2.44 bits per heavy atom. The summed E-state index contributed by atoms with van der Waals surface area (Å²) in [5.74, 6) is -0.297. The van der Waals surface area contributed by atoms with E-state index in [1.807, 2.05) is 61.7 Å². The minimum absolute atomic E-state index is 0.223. The van der Waals surface area contributed by atoms with E-state index in [1.54, 1.807) is 11.0 Å². The third-order valence-electron chi connectivity index (χ3n) is 7.09. The number of imidazole rings is 1. The summed E-state index contributed by atoms with van der Waals surface area (Å²) in [7, 11) is 0. The van der Waals surface area contributed by atoms with E-state index in [2.05, 4.69) is 20.4 Å². The van der Waals surface area contributed by atoms with Crippen molar-refractivity contribution in [3.8, 4) is 11.8 Å². The van der Waals surface area contributed by atoms with Crippen LogP contribution >= 0.6 is 0 Å². The highest BCUT2D eigenvalue weighted by Crippen LogP contribution is 2.27. The Morgan fingerprint density at radius 2 is 1.79 bits per heavy atom. The van der Waals surface area contributed by atoms with Gasteiger partial charge in [0.2, 0.25) is 0 Å². The summed E-state index contributed by atoms with van der Waals surface area (Å²) >= 11 is 0. The Morgan fingerprint density at radius 1 is 1.07 bits per heavy atom. The minimum Gasteiger partial charge on any atom is -0.677 e. The molecule has 0 aliphatic carbocycles. The second kappa shape index (κ2) is 14.0. The number of nitrogens with one attached hydrogen (secondary N) is 1. The largest absolute Gasteiger partial charge is 0.677 e. The van der Waals surface area contributed by atoms with E-state index in [4.69, 9.17) is 11.0 Å². The van der Waals surface area contributed by atoms with E-state index < -0.39 is 18.4 Å². The molecule has 4 aromatic rings. The second-order valence-electron chi connectivity index (χ2n) is 10.1. The fraction of sp³-hybridized carbons (Fsp3) is 0.281. The van der Waals surface area contributed by atoms with Crippen LogP contribution in [0.4, 0.5) is 13.2 Å². The van der Waals surface area contributed by atoms with Crippen LogP contribution in [0.3, 0.4) is 0 Å². The van der Waals surface area contributed by atoms with Crippen molar-refractivity contribution >= 4 is 5.97 Å². The Kier molecular flexibility index (Phi) is 10.2. The molecule has 0 bridgehead atoms. The highest BCUT2D eigenvalue weighted by Gasteiger charge is 2.33. The predicted molar refractivity (Wildman–Crippen MR) is 154 cm³/mol. The lowest BCUT2D eigenvalue weighted by Crippen LogP contribution is -2.45. The molecular formula is C32H31F3N5O3-. The molecule has 5 rings (SSSR count). The molecule has 8 nitrogen and oxygen atoms in total. The minimum atomic E-state index is -4.76. The number of halogens is 3. The number of nitrogens with zero attached hydrogens (tertiary/aromatic N) is 4. The molecule has 3 aromatic carbocycles. The predicted octanol–water partition coefficient (Wildman–Crippen LogP) is 6.30. The van der Waals surface area contributed by atoms with Crippen molar-refractivity contribution in [1.29, 1.82) is 5.26 Å². The fourth-order valence-electron chi connectivity index (χ4n) is 4.99. The molecule has 2 N–H and O–H groups in total. The van der Waals surface area contributed by atoms with Crippen molar-refractivity contribution in [2.45, 2.75) is 51.8 Å². The molecule has 0 saturated carbocycles. The molecule has 1 aromatic heterocycles. The first-order chi connectivity index (χ1) is 20.6. The van der Waals surface area contributed by atoms with E-state index in [0.29, 0.717) is 30.6 Å². The zero-order valence-electron chi connectivity index (χ0n) is 23.5. The van der Waals surface area contributed by atoms with Crippen molar-refractivity contribution in [2.75, 3.05) is 6.54 Å². The van der Waals surface area contributed by atoms with E-state index in [0.717, 1.165) is 41.2 Å².